The van der Waals surface area contributed by atoms with E-state index in [0.29, 0.717) is 24.0 Å². The van der Waals surface area contributed by atoms with Gasteiger partial charge in [-0.3, -0.25) is 0 Å². The topological polar surface area (TPSA) is 94.8 Å². The smallest absolute Gasteiger partial charge is 0.408 e. The number of alkyl carbamates (subject to hydrolysis) is 1. The lowest BCUT2D eigenvalue weighted by Crippen LogP contribution is -2.43. The van der Waals surface area contributed by atoms with Crippen LogP contribution in [0.25, 0.3) is 11.0 Å². The van der Waals surface area contributed by atoms with E-state index in [4.69, 9.17) is 13.9 Å². The lowest BCUT2D eigenvalue weighted by molar-refractivity contribution is -0.136. The molecule has 174 valence electrons. The van der Waals surface area contributed by atoms with Gasteiger partial charge < -0.3 is 19.2 Å². The van der Waals surface area contributed by atoms with Crippen molar-refractivity contribution in [2.75, 3.05) is 0 Å². The third-order valence-electron chi connectivity index (χ3n) is 5.29. The highest BCUT2D eigenvalue weighted by Gasteiger charge is 2.24. The normalized spacial score (nSPS) is 11.7. The van der Waals surface area contributed by atoms with Gasteiger partial charge in [0.15, 0.2) is 0 Å². The van der Waals surface area contributed by atoms with Crippen molar-refractivity contribution in [3.05, 3.63) is 75.6 Å². The van der Waals surface area contributed by atoms with E-state index in [9.17, 15) is 14.4 Å². The molecule has 0 aliphatic heterocycles. The molecule has 0 saturated heterocycles. The quantitative estimate of drug-likeness (QED) is 0.278. The van der Waals surface area contributed by atoms with Crippen LogP contribution in [0.3, 0.4) is 0 Å². The minimum atomic E-state index is -0.869. The Morgan fingerprint density at radius 2 is 1.82 bits per heavy atom. The number of esters is 1. The first-order valence-corrected chi connectivity index (χ1v) is 11.2. The lowest BCUT2D eigenvalue weighted by Gasteiger charge is -2.18. The van der Waals surface area contributed by atoms with Crippen LogP contribution in [-0.4, -0.2) is 18.1 Å². The third kappa shape index (κ3) is 6.22. The number of carbonyl (C=O) groups excluding carboxylic acids is 2. The number of aryl methyl sites for hydroxylation is 2. The van der Waals surface area contributed by atoms with E-state index in [1.807, 2.05) is 44.2 Å². The molecule has 0 aliphatic rings. The summed E-state index contributed by atoms with van der Waals surface area (Å²) in [6.45, 7) is 5.78. The van der Waals surface area contributed by atoms with Crippen molar-refractivity contribution in [2.45, 2.75) is 59.1 Å². The molecular formula is C26H29NO6. The van der Waals surface area contributed by atoms with Crippen LogP contribution in [0.5, 0.6) is 5.75 Å². The fourth-order valence-electron chi connectivity index (χ4n) is 3.62. The molecule has 1 heterocycles. The Morgan fingerprint density at radius 1 is 1.06 bits per heavy atom. The predicted octanol–water partition coefficient (Wildman–Crippen LogP) is 5.05. The Labute approximate surface area is 192 Å². The molecule has 3 aromatic rings. The molecule has 1 aromatic heterocycles. The van der Waals surface area contributed by atoms with E-state index >= 15 is 0 Å². The fraction of sp³-hybridized carbons (Fsp3) is 0.346. The Hall–Kier alpha value is -3.61. The number of fused-ring (bicyclic) bond motifs is 1. The van der Waals surface area contributed by atoms with Gasteiger partial charge in [-0.1, -0.05) is 57.0 Å². The van der Waals surface area contributed by atoms with Crippen molar-refractivity contribution in [2.24, 2.45) is 0 Å². The van der Waals surface area contributed by atoms with Gasteiger partial charge in [-0.15, -0.1) is 0 Å². The number of carbonyl (C=O) groups is 2. The van der Waals surface area contributed by atoms with Gasteiger partial charge >= 0.3 is 17.7 Å². The minimum Gasteiger partial charge on any atom is -0.445 e. The summed E-state index contributed by atoms with van der Waals surface area (Å²) in [7, 11) is 0. The second-order valence-corrected chi connectivity index (χ2v) is 7.87. The van der Waals surface area contributed by atoms with Gasteiger partial charge in [0.1, 0.15) is 24.0 Å². The number of amides is 1. The molecule has 7 heteroatoms. The second kappa shape index (κ2) is 11.3. The maximum absolute atomic E-state index is 12.9. The van der Waals surface area contributed by atoms with Crippen LogP contribution in [-0.2, 0) is 22.6 Å². The Morgan fingerprint density at radius 3 is 2.52 bits per heavy atom. The SMILES string of the molecule is CCCc1cc(=O)oc2c(C)c(OC(=O)[C@H](CCC)NC(=O)OCc3ccccc3)ccc12. The van der Waals surface area contributed by atoms with Gasteiger partial charge in [-0.2, -0.15) is 0 Å². The zero-order valence-electron chi connectivity index (χ0n) is 19.2. The zero-order valence-corrected chi connectivity index (χ0v) is 19.2. The van der Waals surface area contributed by atoms with Crippen molar-refractivity contribution in [1.29, 1.82) is 0 Å². The molecule has 33 heavy (non-hydrogen) atoms. The number of hydrogen-bond donors (Lipinski definition) is 1. The summed E-state index contributed by atoms with van der Waals surface area (Å²) < 4.78 is 16.2. The first-order chi connectivity index (χ1) is 15.9. The summed E-state index contributed by atoms with van der Waals surface area (Å²) in [6.07, 6.45) is 1.99. The number of ether oxygens (including phenoxy) is 2. The highest BCUT2D eigenvalue weighted by atomic mass is 16.6. The number of benzene rings is 2. The molecule has 3 rings (SSSR count). The summed E-state index contributed by atoms with van der Waals surface area (Å²) in [5, 5.41) is 3.41. The Bertz CT molecular complexity index is 1170. The van der Waals surface area contributed by atoms with E-state index in [1.54, 1.807) is 19.1 Å². The van der Waals surface area contributed by atoms with Crippen molar-refractivity contribution in [1.82, 2.24) is 5.32 Å². The van der Waals surface area contributed by atoms with Gasteiger partial charge in [-0.25, -0.2) is 14.4 Å². The molecular weight excluding hydrogens is 422 g/mol. The third-order valence-corrected chi connectivity index (χ3v) is 5.29. The average Bonchev–Trinajstić information content (AvgIpc) is 2.80. The van der Waals surface area contributed by atoms with Crippen LogP contribution in [0.2, 0.25) is 0 Å². The Kier molecular flexibility index (Phi) is 8.24. The summed E-state index contributed by atoms with van der Waals surface area (Å²) in [5.41, 5.74) is 2.26. The van der Waals surface area contributed by atoms with E-state index < -0.39 is 23.7 Å². The van der Waals surface area contributed by atoms with Crippen LogP contribution in [0.1, 0.15) is 49.8 Å². The van der Waals surface area contributed by atoms with Crippen LogP contribution in [0.4, 0.5) is 4.79 Å². The number of hydrogen-bond acceptors (Lipinski definition) is 6. The van der Waals surface area contributed by atoms with Gasteiger partial charge in [-0.05, 0) is 43.0 Å². The molecule has 1 atom stereocenters. The summed E-state index contributed by atoms with van der Waals surface area (Å²) >= 11 is 0. The molecule has 0 spiro atoms. The van der Waals surface area contributed by atoms with Gasteiger partial charge in [0.05, 0.1) is 0 Å². The number of rotatable bonds is 9. The first kappa shape index (κ1) is 24.0. The molecule has 0 saturated carbocycles. The highest BCUT2D eigenvalue weighted by Crippen LogP contribution is 2.29. The lowest BCUT2D eigenvalue weighted by atomic mass is 10.0. The fourth-order valence-corrected chi connectivity index (χ4v) is 3.62. The van der Waals surface area contributed by atoms with Crippen LogP contribution >= 0.6 is 0 Å². The minimum absolute atomic E-state index is 0.101. The largest absolute Gasteiger partial charge is 0.445 e. The van der Waals surface area contributed by atoms with Crippen molar-refractivity contribution < 1.29 is 23.5 Å². The van der Waals surface area contributed by atoms with E-state index in [0.717, 1.165) is 29.4 Å². The van der Waals surface area contributed by atoms with Crippen molar-refractivity contribution in [3.63, 3.8) is 0 Å². The molecule has 1 amide bonds. The summed E-state index contributed by atoms with van der Waals surface area (Å²) in [5.74, 6) is -0.326. The van der Waals surface area contributed by atoms with Gasteiger partial charge in [0, 0.05) is 17.0 Å². The molecule has 0 radical (unpaired) electrons. The molecule has 0 fully saturated rings. The molecule has 2 aromatic carbocycles. The van der Waals surface area contributed by atoms with Crippen molar-refractivity contribution >= 4 is 23.0 Å². The predicted molar refractivity (Wildman–Crippen MR) is 125 cm³/mol. The molecule has 0 bridgehead atoms. The van der Waals surface area contributed by atoms with E-state index in [1.165, 1.54) is 6.07 Å². The summed E-state index contributed by atoms with van der Waals surface area (Å²) in [6, 6.07) is 13.4. The molecule has 7 nitrogen and oxygen atoms in total. The summed E-state index contributed by atoms with van der Waals surface area (Å²) in [4.78, 5) is 37.1. The average molecular weight is 452 g/mol. The van der Waals surface area contributed by atoms with Crippen LogP contribution in [0, 0.1) is 6.92 Å². The van der Waals surface area contributed by atoms with Gasteiger partial charge in [0.25, 0.3) is 0 Å². The van der Waals surface area contributed by atoms with Crippen molar-refractivity contribution in [3.8, 4) is 5.75 Å². The first-order valence-electron chi connectivity index (χ1n) is 11.2. The van der Waals surface area contributed by atoms with E-state index in [-0.39, 0.29) is 12.4 Å². The monoisotopic (exact) mass is 451 g/mol. The van der Waals surface area contributed by atoms with Crippen LogP contribution in [0.15, 0.2) is 57.7 Å². The van der Waals surface area contributed by atoms with E-state index in [2.05, 4.69) is 5.32 Å². The number of nitrogens with one attached hydrogen (secondary N) is 1. The second-order valence-electron chi connectivity index (χ2n) is 7.87. The maximum Gasteiger partial charge on any atom is 0.408 e. The molecule has 1 N–H and O–H groups in total. The standard InChI is InChI=1S/C26H29NO6/c1-4-9-19-15-23(28)33-24-17(3)22(14-13-20(19)24)32-25(29)21(10-5-2)27-26(30)31-16-18-11-7-6-8-12-18/h6-8,11-15,21H,4-5,9-10,16H2,1-3H3,(H,27,30)/t21-/m0/s1. The maximum atomic E-state index is 12.9. The zero-order chi connectivity index (χ0) is 23.8. The molecule has 0 unspecified atom stereocenters. The van der Waals surface area contributed by atoms with Gasteiger partial charge in [0.2, 0.25) is 0 Å². The van der Waals surface area contributed by atoms with Crippen LogP contribution < -0.4 is 15.7 Å². The Balaban J connectivity index is 1.73. The highest BCUT2D eigenvalue weighted by molar-refractivity contribution is 5.87. The molecule has 0 aliphatic carbocycles.